The van der Waals surface area contributed by atoms with E-state index in [0.29, 0.717) is 27.8 Å². The highest BCUT2D eigenvalue weighted by molar-refractivity contribution is 6.31. The van der Waals surface area contributed by atoms with Gasteiger partial charge in [-0.15, -0.1) is 0 Å². The molecule has 0 atom stereocenters. The molecular weight excluding hydrogens is 362 g/mol. The van der Waals surface area contributed by atoms with Crippen molar-refractivity contribution in [3.8, 4) is 11.5 Å². The van der Waals surface area contributed by atoms with Crippen molar-refractivity contribution in [2.24, 2.45) is 7.05 Å². The Hall–Kier alpha value is -3.31. The van der Waals surface area contributed by atoms with Crippen LogP contribution in [0.5, 0.6) is 11.5 Å². The van der Waals surface area contributed by atoms with Crippen molar-refractivity contribution < 1.29 is 9.53 Å². The molecule has 0 saturated carbocycles. The van der Waals surface area contributed by atoms with E-state index in [-0.39, 0.29) is 5.91 Å². The van der Waals surface area contributed by atoms with Crippen LogP contribution in [0.1, 0.15) is 10.4 Å². The molecule has 1 aromatic heterocycles. The average molecular weight is 378 g/mol. The number of nitrogens with one attached hydrogen (secondary N) is 1. The Morgan fingerprint density at radius 3 is 2.70 bits per heavy atom. The van der Waals surface area contributed by atoms with E-state index < -0.39 is 0 Å². The number of carbonyl (C=O) groups excluding carboxylic acids is 1. The largest absolute Gasteiger partial charge is 0.455 e. The molecule has 0 aliphatic rings. The molecule has 0 fully saturated rings. The topological polar surface area (TPSA) is 56.2 Å². The molecule has 1 amide bonds. The van der Waals surface area contributed by atoms with Gasteiger partial charge in [-0.25, -0.2) is 4.98 Å². The quantitative estimate of drug-likeness (QED) is 0.527. The second kappa shape index (κ2) is 7.13. The number of anilines is 1. The van der Waals surface area contributed by atoms with Gasteiger partial charge in [-0.05, 0) is 48.5 Å². The number of halogens is 1. The third-order valence-electron chi connectivity index (χ3n) is 4.15. The zero-order valence-corrected chi connectivity index (χ0v) is 15.3. The van der Waals surface area contributed by atoms with E-state index in [1.165, 1.54) is 0 Å². The SMILES string of the molecule is Cn1cnc2cc(C(=O)Nc3cc(Cl)ccc3Oc3ccccc3)ccc21. The Balaban J connectivity index is 1.62. The Morgan fingerprint density at radius 2 is 1.89 bits per heavy atom. The van der Waals surface area contributed by atoms with E-state index >= 15 is 0 Å². The minimum atomic E-state index is -0.261. The molecule has 0 radical (unpaired) electrons. The van der Waals surface area contributed by atoms with Gasteiger partial charge in [0, 0.05) is 17.6 Å². The number of hydrogen-bond donors (Lipinski definition) is 1. The van der Waals surface area contributed by atoms with Crippen molar-refractivity contribution >= 4 is 34.2 Å². The van der Waals surface area contributed by atoms with Gasteiger partial charge in [-0.2, -0.15) is 0 Å². The molecule has 1 heterocycles. The van der Waals surface area contributed by atoms with Crippen molar-refractivity contribution in [1.29, 1.82) is 0 Å². The number of nitrogens with zero attached hydrogens (tertiary/aromatic N) is 2. The van der Waals surface area contributed by atoms with Crippen LogP contribution in [0.15, 0.2) is 73.1 Å². The number of aryl methyl sites for hydroxylation is 1. The first kappa shape index (κ1) is 17.1. The van der Waals surface area contributed by atoms with Crippen molar-refractivity contribution in [2.75, 3.05) is 5.32 Å². The molecule has 4 rings (SSSR count). The zero-order chi connectivity index (χ0) is 18.8. The van der Waals surface area contributed by atoms with Crippen LogP contribution >= 0.6 is 11.6 Å². The third-order valence-corrected chi connectivity index (χ3v) is 4.38. The number of imidazole rings is 1. The number of fused-ring (bicyclic) bond motifs is 1. The summed E-state index contributed by atoms with van der Waals surface area (Å²) in [6.07, 6.45) is 1.72. The maximum Gasteiger partial charge on any atom is 0.255 e. The molecular formula is C21H16ClN3O2. The summed E-state index contributed by atoms with van der Waals surface area (Å²) >= 11 is 6.11. The first-order valence-corrected chi connectivity index (χ1v) is 8.73. The lowest BCUT2D eigenvalue weighted by Crippen LogP contribution is -2.12. The van der Waals surface area contributed by atoms with Crippen molar-refractivity contribution in [3.05, 3.63) is 83.6 Å². The number of rotatable bonds is 4. The summed E-state index contributed by atoms with van der Waals surface area (Å²) in [4.78, 5) is 17.0. The lowest BCUT2D eigenvalue weighted by Gasteiger charge is -2.13. The highest BCUT2D eigenvalue weighted by Crippen LogP contribution is 2.32. The summed E-state index contributed by atoms with van der Waals surface area (Å²) in [5, 5.41) is 3.38. The van der Waals surface area contributed by atoms with Crippen LogP contribution in [0, 0.1) is 0 Å². The smallest absolute Gasteiger partial charge is 0.255 e. The predicted octanol–water partition coefficient (Wildman–Crippen LogP) is 5.27. The Morgan fingerprint density at radius 1 is 1.07 bits per heavy atom. The number of amides is 1. The van der Waals surface area contributed by atoms with Gasteiger partial charge in [0.25, 0.3) is 5.91 Å². The van der Waals surface area contributed by atoms with Gasteiger partial charge in [-0.1, -0.05) is 29.8 Å². The monoisotopic (exact) mass is 377 g/mol. The van der Waals surface area contributed by atoms with E-state index in [4.69, 9.17) is 16.3 Å². The predicted molar refractivity (Wildman–Crippen MR) is 107 cm³/mol. The van der Waals surface area contributed by atoms with Crippen molar-refractivity contribution in [3.63, 3.8) is 0 Å². The summed E-state index contributed by atoms with van der Waals surface area (Å²) in [6, 6.07) is 19.9. The second-order valence-corrected chi connectivity index (χ2v) is 6.51. The van der Waals surface area contributed by atoms with Gasteiger partial charge in [0.1, 0.15) is 5.75 Å². The Bertz CT molecular complexity index is 1120. The molecule has 0 unspecified atom stereocenters. The molecule has 0 aliphatic heterocycles. The van der Waals surface area contributed by atoms with E-state index in [1.54, 1.807) is 36.7 Å². The molecule has 0 saturated heterocycles. The van der Waals surface area contributed by atoms with E-state index in [2.05, 4.69) is 10.3 Å². The zero-order valence-electron chi connectivity index (χ0n) is 14.5. The first-order chi connectivity index (χ1) is 13.1. The van der Waals surface area contributed by atoms with E-state index in [9.17, 15) is 4.79 Å². The molecule has 27 heavy (non-hydrogen) atoms. The van der Waals surface area contributed by atoms with Crippen LogP contribution in [0.3, 0.4) is 0 Å². The molecule has 134 valence electrons. The highest BCUT2D eigenvalue weighted by Gasteiger charge is 2.13. The fourth-order valence-electron chi connectivity index (χ4n) is 2.78. The summed E-state index contributed by atoms with van der Waals surface area (Å²) in [7, 11) is 1.91. The van der Waals surface area contributed by atoms with Crippen molar-refractivity contribution in [1.82, 2.24) is 9.55 Å². The fourth-order valence-corrected chi connectivity index (χ4v) is 2.95. The van der Waals surface area contributed by atoms with Crippen LogP contribution in [0.2, 0.25) is 5.02 Å². The minimum absolute atomic E-state index is 0.261. The van der Waals surface area contributed by atoms with Crippen LogP contribution in [-0.2, 0) is 7.05 Å². The van der Waals surface area contributed by atoms with Gasteiger partial charge >= 0.3 is 0 Å². The number of ether oxygens (including phenoxy) is 1. The normalized spacial score (nSPS) is 10.7. The molecule has 3 aromatic carbocycles. The molecule has 4 aromatic rings. The summed E-state index contributed by atoms with van der Waals surface area (Å²) in [5.74, 6) is 0.922. The van der Waals surface area contributed by atoms with Gasteiger partial charge < -0.3 is 14.6 Å². The van der Waals surface area contributed by atoms with Crippen LogP contribution in [-0.4, -0.2) is 15.5 Å². The van der Waals surface area contributed by atoms with Gasteiger partial charge in [0.2, 0.25) is 0 Å². The Kier molecular flexibility index (Phi) is 4.52. The van der Waals surface area contributed by atoms with E-state index in [0.717, 1.165) is 11.0 Å². The third kappa shape index (κ3) is 3.64. The lowest BCUT2D eigenvalue weighted by molar-refractivity contribution is 0.102. The number of para-hydroxylation sites is 1. The van der Waals surface area contributed by atoms with E-state index in [1.807, 2.05) is 48.0 Å². The second-order valence-electron chi connectivity index (χ2n) is 6.07. The standard InChI is InChI=1S/C21H16ClN3O2/c1-25-13-23-17-11-14(7-9-19(17)25)21(26)24-18-12-15(22)8-10-20(18)27-16-5-3-2-4-6-16/h2-13H,1H3,(H,24,26). The molecule has 6 heteroatoms. The minimum Gasteiger partial charge on any atom is -0.455 e. The van der Waals surface area contributed by atoms with Gasteiger partial charge in [0.15, 0.2) is 5.75 Å². The lowest BCUT2D eigenvalue weighted by atomic mass is 10.1. The maximum atomic E-state index is 12.7. The number of hydrogen-bond acceptors (Lipinski definition) is 3. The molecule has 0 aliphatic carbocycles. The number of aromatic nitrogens is 2. The van der Waals surface area contributed by atoms with Crippen molar-refractivity contribution in [2.45, 2.75) is 0 Å². The average Bonchev–Trinajstić information content (AvgIpc) is 3.05. The fraction of sp³-hybridized carbons (Fsp3) is 0.0476. The molecule has 5 nitrogen and oxygen atoms in total. The summed E-state index contributed by atoms with van der Waals surface area (Å²) in [5.41, 5.74) is 2.73. The number of benzene rings is 3. The molecule has 0 spiro atoms. The van der Waals surface area contributed by atoms with Gasteiger partial charge in [-0.3, -0.25) is 4.79 Å². The summed E-state index contributed by atoms with van der Waals surface area (Å²) < 4.78 is 7.79. The van der Waals surface area contributed by atoms with Crippen LogP contribution in [0.25, 0.3) is 11.0 Å². The molecule has 0 bridgehead atoms. The van der Waals surface area contributed by atoms with Gasteiger partial charge in [0.05, 0.1) is 23.0 Å². The maximum absolute atomic E-state index is 12.7. The summed E-state index contributed by atoms with van der Waals surface area (Å²) in [6.45, 7) is 0. The first-order valence-electron chi connectivity index (χ1n) is 8.35. The molecule has 1 N–H and O–H groups in total. The highest BCUT2D eigenvalue weighted by atomic mass is 35.5. The Labute approximate surface area is 161 Å². The number of carbonyl (C=O) groups is 1. The van der Waals surface area contributed by atoms with Crippen LogP contribution in [0.4, 0.5) is 5.69 Å². The van der Waals surface area contributed by atoms with Crippen LogP contribution < -0.4 is 10.1 Å².